The maximum atomic E-state index is 12.8. The van der Waals surface area contributed by atoms with Gasteiger partial charge in [-0.1, -0.05) is 13.8 Å². The molecule has 4 atom stereocenters. The van der Waals surface area contributed by atoms with E-state index in [0.29, 0.717) is 6.42 Å². The van der Waals surface area contributed by atoms with Gasteiger partial charge in [0.05, 0.1) is 12.6 Å². The van der Waals surface area contributed by atoms with Crippen LogP contribution in [-0.4, -0.2) is 89.7 Å². The fourth-order valence-corrected chi connectivity index (χ4v) is 2.93. The number of aliphatic carboxylic acids is 1. The highest BCUT2D eigenvalue weighted by Gasteiger charge is 2.31. The fraction of sp³-hybridized carbons (Fsp3) is 0.700. The lowest BCUT2D eigenvalue weighted by Crippen LogP contribution is -2.59. The molecule has 4 unspecified atom stereocenters. The normalized spacial score (nSPS) is 14.0. The van der Waals surface area contributed by atoms with Gasteiger partial charge in [-0.3, -0.25) is 24.4 Å². The van der Waals surface area contributed by atoms with Gasteiger partial charge in [0.2, 0.25) is 17.7 Å². The van der Waals surface area contributed by atoms with Crippen molar-refractivity contribution in [3.8, 4) is 0 Å². The highest BCUT2D eigenvalue weighted by Crippen LogP contribution is 2.05. The Morgan fingerprint density at radius 3 is 1.72 bits per heavy atom. The van der Waals surface area contributed by atoms with Crippen LogP contribution in [0.1, 0.15) is 39.5 Å². The summed E-state index contributed by atoms with van der Waals surface area (Å²) in [5, 5.41) is 26.1. The van der Waals surface area contributed by atoms with Crippen molar-refractivity contribution in [3.05, 3.63) is 0 Å². The molecule has 0 spiro atoms. The summed E-state index contributed by atoms with van der Waals surface area (Å²) >= 11 is 0. The summed E-state index contributed by atoms with van der Waals surface area (Å²) in [7, 11) is 0. The zero-order valence-electron chi connectivity index (χ0n) is 20.6. The predicted molar refractivity (Wildman–Crippen MR) is 133 cm³/mol. The van der Waals surface area contributed by atoms with Crippen molar-refractivity contribution in [3.63, 3.8) is 0 Å². The highest BCUT2D eigenvalue weighted by molar-refractivity contribution is 5.94. The van der Waals surface area contributed by atoms with Crippen molar-refractivity contribution >= 4 is 35.6 Å². The Hall–Kier alpha value is -3.66. The van der Waals surface area contributed by atoms with Gasteiger partial charge in [0.1, 0.15) is 18.1 Å². The molecule has 16 heteroatoms. The highest BCUT2D eigenvalue weighted by atomic mass is 16.4. The zero-order valence-corrected chi connectivity index (χ0v) is 20.6. The summed E-state index contributed by atoms with van der Waals surface area (Å²) in [5.74, 6) is -4.18. The van der Waals surface area contributed by atoms with Crippen molar-refractivity contribution in [2.24, 2.45) is 44.6 Å². The number of carbonyl (C=O) groups is 4. The largest absolute Gasteiger partial charge is 0.480 e. The molecular formula is C20H40N10O6. The molecule has 15 N–H and O–H groups in total. The van der Waals surface area contributed by atoms with E-state index < -0.39 is 60.4 Å². The topological polar surface area (TPSA) is 300 Å². The number of aliphatic hydroxyl groups is 1. The van der Waals surface area contributed by atoms with Gasteiger partial charge in [-0.05, 0) is 31.6 Å². The first kappa shape index (κ1) is 32.3. The Morgan fingerprint density at radius 2 is 1.28 bits per heavy atom. The zero-order chi connectivity index (χ0) is 27.8. The first-order valence-electron chi connectivity index (χ1n) is 11.4. The number of aliphatic hydroxyl groups excluding tert-OH is 1. The van der Waals surface area contributed by atoms with Crippen molar-refractivity contribution in [2.75, 3.05) is 19.7 Å². The van der Waals surface area contributed by atoms with Crippen LogP contribution in [0.3, 0.4) is 0 Å². The van der Waals surface area contributed by atoms with Crippen molar-refractivity contribution in [1.29, 1.82) is 0 Å². The van der Waals surface area contributed by atoms with Gasteiger partial charge in [0.25, 0.3) is 0 Å². The molecule has 0 aliphatic carbocycles. The molecule has 36 heavy (non-hydrogen) atoms. The molecule has 206 valence electrons. The van der Waals surface area contributed by atoms with E-state index in [2.05, 4.69) is 25.9 Å². The second-order valence-electron chi connectivity index (χ2n) is 8.38. The van der Waals surface area contributed by atoms with Crippen LogP contribution >= 0.6 is 0 Å². The average molecular weight is 517 g/mol. The van der Waals surface area contributed by atoms with Gasteiger partial charge in [0, 0.05) is 13.1 Å². The number of aliphatic imine (C=N–C) groups is 2. The third-order valence-corrected chi connectivity index (χ3v) is 4.93. The van der Waals surface area contributed by atoms with E-state index in [0.717, 1.165) is 0 Å². The van der Waals surface area contributed by atoms with Crippen LogP contribution in [0.2, 0.25) is 0 Å². The second-order valence-corrected chi connectivity index (χ2v) is 8.38. The van der Waals surface area contributed by atoms with E-state index in [4.69, 9.17) is 28.7 Å². The number of nitrogens with zero attached hydrogens (tertiary/aromatic N) is 2. The molecule has 0 saturated carbocycles. The number of guanidine groups is 2. The van der Waals surface area contributed by atoms with Crippen LogP contribution < -0.4 is 44.6 Å². The summed E-state index contributed by atoms with van der Waals surface area (Å²) in [5.41, 5.74) is 26.8. The van der Waals surface area contributed by atoms with Crippen LogP contribution in [0.25, 0.3) is 0 Å². The van der Waals surface area contributed by atoms with E-state index in [1.54, 1.807) is 13.8 Å². The van der Waals surface area contributed by atoms with Crippen molar-refractivity contribution in [2.45, 2.75) is 63.7 Å². The Morgan fingerprint density at radius 1 is 0.778 bits per heavy atom. The molecule has 16 nitrogen and oxygen atoms in total. The third-order valence-electron chi connectivity index (χ3n) is 4.93. The quantitative estimate of drug-likeness (QED) is 0.0500. The first-order chi connectivity index (χ1) is 16.8. The second kappa shape index (κ2) is 16.9. The fourth-order valence-electron chi connectivity index (χ4n) is 2.93. The molecule has 0 radical (unpaired) electrons. The molecule has 0 aromatic heterocycles. The standard InChI is InChI=1S/C20H40N10O6/c1-10(2)14(30-15(32)11(21)5-3-7-26-19(22)23)17(34)29-13(9-31)16(33)28-12(18(35)36)6-4-8-27-20(24)25/h10-14,31H,3-9,21H2,1-2H3,(H,28,33)(H,29,34)(H,30,32)(H,35,36)(H4,22,23,26)(H4,24,25,27). The summed E-state index contributed by atoms with van der Waals surface area (Å²) in [6.45, 7) is 2.98. The maximum absolute atomic E-state index is 12.8. The Kier molecular flexibility index (Phi) is 15.2. The van der Waals surface area contributed by atoms with E-state index in [-0.39, 0.29) is 44.3 Å². The Labute approximate surface area is 209 Å². The number of carboxylic acids is 1. The van der Waals surface area contributed by atoms with Crippen LogP contribution in [0.15, 0.2) is 9.98 Å². The number of nitrogens with one attached hydrogen (secondary N) is 3. The van der Waals surface area contributed by atoms with Crippen LogP contribution in [-0.2, 0) is 19.2 Å². The molecule has 0 aliphatic heterocycles. The maximum Gasteiger partial charge on any atom is 0.326 e. The lowest BCUT2D eigenvalue weighted by molar-refractivity contribution is -0.142. The molecule has 0 heterocycles. The molecule has 3 amide bonds. The molecule has 0 saturated heterocycles. The summed E-state index contributed by atoms with van der Waals surface area (Å²) in [4.78, 5) is 56.8. The van der Waals surface area contributed by atoms with Crippen LogP contribution in [0.4, 0.5) is 0 Å². The van der Waals surface area contributed by atoms with E-state index in [9.17, 15) is 29.4 Å². The summed E-state index contributed by atoms with van der Waals surface area (Å²) in [6, 6.07) is -4.75. The lowest BCUT2D eigenvalue weighted by atomic mass is 10.0. The molecule has 0 aromatic rings. The Balaban J connectivity index is 5.06. The van der Waals surface area contributed by atoms with Crippen LogP contribution in [0.5, 0.6) is 0 Å². The minimum absolute atomic E-state index is 0.00962. The molecule has 0 aromatic carbocycles. The molecule has 0 bridgehead atoms. The SMILES string of the molecule is CC(C)C(NC(=O)C(N)CCCN=C(N)N)C(=O)NC(CO)C(=O)NC(CCCN=C(N)N)C(=O)O. The van der Waals surface area contributed by atoms with Crippen molar-refractivity contribution in [1.82, 2.24) is 16.0 Å². The van der Waals surface area contributed by atoms with Gasteiger partial charge >= 0.3 is 5.97 Å². The minimum Gasteiger partial charge on any atom is -0.480 e. The summed E-state index contributed by atoms with van der Waals surface area (Å²) in [6.07, 6.45) is 0.972. The van der Waals surface area contributed by atoms with E-state index in [1.165, 1.54) is 0 Å². The minimum atomic E-state index is -1.46. The van der Waals surface area contributed by atoms with Gasteiger partial charge in [-0.15, -0.1) is 0 Å². The van der Waals surface area contributed by atoms with Gasteiger partial charge in [-0.25, -0.2) is 4.79 Å². The lowest BCUT2D eigenvalue weighted by Gasteiger charge is -2.26. The monoisotopic (exact) mass is 516 g/mol. The number of hydrogen-bond acceptors (Lipinski definition) is 8. The number of nitrogens with two attached hydrogens (primary N) is 5. The number of carboxylic acid groups (broad SMARTS) is 1. The van der Waals surface area contributed by atoms with Gasteiger partial charge in [-0.2, -0.15) is 0 Å². The average Bonchev–Trinajstić information content (AvgIpc) is 2.79. The smallest absolute Gasteiger partial charge is 0.326 e. The molecule has 0 fully saturated rings. The first-order valence-corrected chi connectivity index (χ1v) is 11.4. The molecular weight excluding hydrogens is 476 g/mol. The van der Waals surface area contributed by atoms with E-state index >= 15 is 0 Å². The predicted octanol–water partition coefficient (Wildman–Crippen LogP) is -4.39. The van der Waals surface area contributed by atoms with Gasteiger partial charge < -0.3 is 54.8 Å². The van der Waals surface area contributed by atoms with Crippen LogP contribution in [0, 0.1) is 5.92 Å². The third kappa shape index (κ3) is 13.3. The molecule has 0 aliphatic rings. The number of carbonyl (C=O) groups excluding carboxylic acids is 3. The van der Waals surface area contributed by atoms with Crippen molar-refractivity contribution < 1.29 is 29.4 Å². The molecule has 0 rings (SSSR count). The summed E-state index contributed by atoms with van der Waals surface area (Å²) < 4.78 is 0. The number of rotatable bonds is 17. The van der Waals surface area contributed by atoms with Gasteiger partial charge in [0.15, 0.2) is 11.9 Å². The van der Waals surface area contributed by atoms with E-state index in [1.807, 2.05) is 0 Å². The number of hydrogen-bond donors (Lipinski definition) is 10. The number of amides is 3. The Bertz CT molecular complexity index is 796.